The summed E-state index contributed by atoms with van der Waals surface area (Å²) in [5.41, 5.74) is 0. The molecule has 0 aliphatic carbocycles. The topological polar surface area (TPSA) is 49.4 Å². The van der Waals surface area contributed by atoms with Crippen LogP contribution < -0.4 is 5.32 Å². The van der Waals surface area contributed by atoms with Crippen molar-refractivity contribution >= 4 is 10.0 Å². The summed E-state index contributed by atoms with van der Waals surface area (Å²) in [5.74, 6) is 0. The number of hydrogen-bond acceptors (Lipinski definition) is 3. The molecule has 0 aromatic carbocycles. The third-order valence-corrected chi connectivity index (χ3v) is 3.95. The zero-order chi connectivity index (χ0) is 9.78. The van der Waals surface area contributed by atoms with E-state index in [1.54, 1.807) is 27.9 Å². The number of sulfonamides is 1. The molecule has 0 fully saturated rings. The van der Waals surface area contributed by atoms with Crippen molar-refractivity contribution in [2.24, 2.45) is 0 Å². The van der Waals surface area contributed by atoms with Crippen LogP contribution in [0.15, 0.2) is 0 Å². The molecule has 0 rings (SSSR count). The van der Waals surface area contributed by atoms with Crippen molar-refractivity contribution in [2.75, 3.05) is 27.2 Å². The Morgan fingerprint density at radius 2 is 1.92 bits per heavy atom. The van der Waals surface area contributed by atoms with Gasteiger partial charge >= 0.3 is 0 Å². The van der Waals surface area contributed by atoms with Crippen LogP contribution in [0.1, 0.15) is 13.8 Å². The minimum Gasteiger partial charge on any atom is -0.318 e. The van der Waals surface area contributed by atoms with Crippen molar-refractivity contribution in [1.82, 2.24) is 9.62 Å². The van der Waals surface area contributed by atoms with Gasteiger partial charge in [0.05, 0.1) is 5.25 Å². The van der Waals surface area contributed by atoms with Gasteiger partial charge in [-0.25, -0.2) is 12.7 Å². The highest BCUT2D eigenvalue weighted by Gasteiger charge is 2.20. The van der Waals surface area contributed by atoms with Crippen molar-refractivity contribution in [3.8, 4) is 0 Å². The summed E-state index contributed by atoms with van der Waals surface area (Å²) in [4.78, 5) is 0. The highest BCUT2D eigenvalue weighted by atomic mass is 32.2. The zero-order valence-electron chi connectivity index (χ0n) is 8.16. The Labute approximate surface area is 75.0 Å². The molecule has 4 nitrogen and oxygen atoms in total. The van der Waals surface area contributed by atoms with Crippen LogP contribution in [0.5, 0.6) is 0 Å². The van der Waals surface area contributed by atoms with Crippen LogP contribution in [0.3, 0.4) is 0 Å². The molecule has 0 atom stereocenters. The van der Waals surface area contributed by atoms with Crippen LogP contribution in [-0.2, 0) is 10.0 Å². The molecule has 0 spiro atoms. The Morgan fingerprint density at radius 3 is 2.25 bits per heavy atom. The van der Waals surface area contributed by atoms with E-state index in [9.17, 15) is 8.42 Å². The largest absolute Gasteiger partial charge is 0.318 e. The van der Waals surface area contributed by atoms with Gasteiger partial charge in [0, 0.05) is 20.1 Å². The molecule has 0 amide bonds. The summed E-state index contributed by atoms with van der Waals surface area (Å²) in [5, 5.41) is 2.57. The summed E-state index contributed by atoms with van der Waals surface area (Å²) in [7, 11) is 0.349. The molecule has 12 heavy (non-hydrogen) atoms. The first-order valence-electron chi connectivity index (χ1n) is 4.02. The highest BCUT2D eigenvalue weighted by Crippen LogP contribution is 2.04. The Bertz CT molecular complexity index is 211. The molecular formula is C7H18N2O2S. The fraction of sp³-hybridized carbons (Fsp3) is 1.00. The summed E-state index contributed by atoms with van der Waals surface area (Å²) < 4.78 is 24.3. The van der Waals surface area contributed by atoms with E-state index in [-0.39, 0.29) is 5.25 Å². The normalized spacial score (nSPS) is 12.8. The molecule has 0 aromatic rings. The van der Waals surface area contributed by atoms with E-state index in [0.717, 1.165) is 0 Å². The van der Waals surface area contributed by atoms with Crippen LogP contribution in [0, 0.1) is 0 Å². The van der Waals surface area contributed by atoms with Crippen molar-refractivity contribution < 1.29 is 8.42 Å². The number of nitrogens with zero attached hydrogens (tertiary/aromatic N) is 1. The van der Waals surface area contributed by atoms with Crippen LogP contribution in [0.25, 0.3) is 0 Å². The number of nitrogens with one attached hydrogen (secondary N) is 1. The fourth-order valence-electron chi connectivity index (χ4n) is 0.756. The third kappa shape index (κ3) is 3.08. The number of likely N-dealkylation sites (N-methyl/N-ethyl adjacent to an activating group) is 2. The molecule has 0 heterocycles. The van der Waals surface area contributed by atoms with Crippen LogP contribution in [0.2, 0.25) is 0 Å². The number of hydrogen-bond donors (Lipinski definition) is 1. The summed E-state index contributed by atoms with van der Waals surface area (Å²) in [6, 6.07) is 0. The second kappa shape index (κ2) is 4.79. The Morgan fingerprint density at radius 1 is 1.42 bits per heavy atom. The van der Waals surface area contributed by atoms with E-state index >= 15 is 0 Å². The van der Waals surface area contributed by atoms with Crippen LogP contribution >= 0.6 is 0 Å². The van der Waals surface area contributed by atoms with Crippen LogP contribution in [-0.4, -0.2) is 45.2 Å². The lowest BCUT2D eigenvalue weighted by atomic mass is 10.6. The monoisotopic (exact) mass is 194 g/mol. The molecule has 74 valence electrons. The molecule has 1 N–H and O–H groups in total. The Balaban J connectivity index is 4.17. The van der Waals surface area contributed by atoms with E-state index in [0.29, 0.717) is 13.1 Å². The molecule has 0 aliphatic rings. The van der Waals surface area contributed by atoms with Gasteiger partial charge in [-0.15, -0.1) is 0 Å². The molecule has 0 bridgehead atoms. The van der Waals surface area contributed by atoms with Gasteiger partial charge in [0.25, 0.3) is 0 Å². The summed E-state index contributed by atoms with van der Waals surface area (Å²) in [6.07, 6.45) is 0. The van der Waals surface area contributed by atoms with Gasteiger partial charge in [0.2, 0.25) is 10.0 Å². The molecule has 0 saturated heterocycles. The predicted octanol–water partition coefficient (Wildman–Crippen LogP) is -0.124. The summed E-state index contributed by atoms with van der Waals surface area (Å²) >= 11 is 0. The van der Waals surface area contributed by atoms with Gasteiger partial charge in [-0.1, -0.05) is 0 Å². The molecular weight excluding hydrogens is 176 g/mol. The maximum atomic E-state index is 11.4. The average Bonchev–Trinajstić information content (AvgIpc) is 1.99. The van der Waals surface area contributed by atoms with Gasteiger partial charge < -0.3 is 5.32 Å². The van der Waals surface area contributed by atoms with E-state index in [2.05, 4.69) is 5.32 Å². The Kier molecular flexibility index (Phi) is 4.74. The van der Waals surface area contributed by atoms with E-state index < -0.39 is 10.0 Å². The SMILES string of the molecule is CNCCN(C)S(=O)(=O)C(C)C. The minimum absolute atomic E-state index is 0.334. The first-order valence-corrected chi connectivity index (χ1v) is 5.53. The third-order valence-electron chi connectivity index (χ3n) is 1.71. The zero-order valence-corrected chi connectivity index (χ0v) is 8.98. The summed E-state index contributed by atoms with van der Waals surface area (Å²) in [6.45, 7) is 4.58. The van der Waals surface area contributed by atoms with Crippen LogP contribution in [0.4, 0.5) is 0 Å². The minimum atomic E-state index is -3.06. The average molecular weight is 194 g/mol. The molecule has 5 heteroatoms. The van der Waals surface area contributed by atoms with E-state index in [4.69, 9.17) is 0 Å². The first kappa shape index (κ1) is 11.9. The molecule has 0 saturated carbocycles. The molecule has 0 radical (unpaired) electrons. The highest BCUT2D eigenvalue weighted by molar-refractivity contribution is 7.89. The Hall–Kier alpha value is -0.130. The lowest BCUT2D eigenvalue weighted by molar-refractivity contribution is 0.459. The van der Waals surface area contributed by atoms with Gasteiger partial charge in [-0.05, 0) is 20.9 Å². The van der Waals surface area contributed by atoms with Gasteiger partial charge in [-0.2, -0.15) is 0 Å². The smallest absolute Gasteiger partial charge is 0.216 e. The van der Waals surface area contributed by atoms with Crippen molar-refractivity contribution in [1.29, 1.82) is 0 Å². The second-order valence-corrected chi connectivity index (χ2v) is 5.61. The van der Waals surface area contributed by atoms with Gasteiger partial charge in [0.15, 0.2) is 0 Å². The van der Waals surface area contributed by atoms with E-state index in [1.807, 2.05) is 0 Å². The maximum absolute atomic E-state index is 11.4. The van der Waals surface area contributed by atoms with Gasteiger partial charge in [0.1, 0.15) is 0 Å². The maximum Gasteiger partial charge on any atom is 0.216 e. The standard InChI is InChI=1S/C7H18N2O2S/c1-7(2)12(10,11)9(4)6-5-8-3/h7-8H,5-6H2,1-4H3. The molecule has 0 aliphatic heterocycles. The first-order chi connectivity index (χ1) is 5.42. The van der Waals surface area contributed by atoms with E-state index in [1.165, 1.54) is 4.31 Å². The van der Waals surface area contributed by atoms with Crippen molar-refractivity contribution in [2.45, 2.75) is 19.1 Å². The van der Waals surface area contributed by atoms with Crippen molar-refractivity contribution in [3.63, 3.8) is 0 Å². The van der Waals surface area contributed by atoms with Gasteiger partial charge in [-0.3, -0.25) is 0 Å². The van der Waals surface area contributed by atoms with Crippen molar-refractivity contribution in [3.05, 3.63) is 0 Å². The lowest BCUT2D eigenvalue weighted by Gasteiger charge is -2.19. The second-order valence-electron chi connectivity index (χ2n) is 3.02. The fourth-order valence-corrected chi connectivity index (χ4v) is 1.82. The predicted molar refractivity (Wildman–Crippen MR) is 50.6 cm³/mol. The molecule has 0 unspecified atom stereocenters. The lowest BCUT2D eigenvalue weighted by Crippen LogP contribution is -2.37. The quantitative estimate of drug-likeness (QED) is 0.663. The number of rotatable bonds is 5. The molecule has 0 aromatic heterocycles.